The van der Waals surface area contributed by atoms with Gasteiger partial charge in [0.15, 0.2) is 5.71 Å². The van der Waals surface area contributed by atoms with Gasteiger partial charge < -0.3 is 19.4 Å². The van der Waals surface area contributed by atoms with Crippen LogP contribution in [-0.4, -0.2) is 33.9 Å². The van der Waals surface area contributed by atoms with Crippen LogP contribution in [0.4, 0.5) is 0 Å². The van der Waals surface area contributed by atoms with Gasteiger partial charge in [-0.1, -0.05) is 29.4 Å². The number of oxime groups is 1. The minimum atomic E-state index is -1.28. The average molecular weight is 390 g/mol. The molecule has 0 fully saturated rings. The summed E-state index contributed by atoms with van der Waals surface area (Å²) in [6.45, 7) is 0. The maximum absolute atomic E-state index is 11.5. The van der Waals surface area contributed by atoms with Crippen molar-refractivity contribution < 1.29 is 24.2 Å². The molecule has 1 N–H and O–H groups in total. The molecular formula is C20H14N4O5. The van der Waals surface area contributed by atoms with E-state index >= 15 is 0 Å². The Labute approximate surface area is 165 Å². The largest absolute Gasteiger partial charge is 0.476 e. The minimum absolute atomic E-state index is 0.110. The van der Waals surface area contributed by atoms with Crippen LogP contribution in [-0.2, 0) is 9.63 Å². The second-order valence-corrected chi connectivity index (χ2v) is 5.43. The lowest BCUT2D eigenvalue weighted by atomic mass is 10.1. The van der Waals surface area contributed by atoms with Crippen LogP contribution in [0.1, 0.15) is 11.1 Å². The van der Waals surface area contributed by atoms with Gasteiger partial charge in [-0.05, 0) is 24.3 Å². The van der Waals surface area contributed by atoms with Gasteiger partial charge in [-0.15, -0.1) is 0 Å². The first-order chi connectivity index (χ1) is 14.1. The molecule has 9 nitrogen and oxygen atoms in total. The lowest BCUT2D eigenvalue weighted by Crippen LogP contribution is -2.15. The molecule has 29 heavy (non-hydrogen) atoms. The van der Waals surface area contributed by atoms with Gasteiger partial charge in [0, 0.05) is 0 Å². The fraction of sp³-hybridized carbons (Fsp3) is 0.0500. The molecule has 3 aromatic rings. The number of rotatable bonds is 7. The molecule has 2 aromatic carbocycles. The van der Waals surface area contributed by atoms with E-state index in [4.69, 9.17) is 14.7 Å². The number of hydrogen-bond acceptors (Lipinski definition) is 8. The Morgan fingerprint density at radius 3 is 2.31 bits per heavy atom. The molecule has 3 rings (SSSR count). The van der Waals surface area contributed by atoms with Crippen molar-refractivity contribution in [1.29, 1.82) is 5.26 Å². The zero-order valence-electron chi connectivity index (χ0n) is 15.1. The van der Waals surface area contributed by atoms with Crippen LogP contribution in [0.2, 0.25) is 0 Å². The van der Waals surface area contributed by atoms with Crippen molar-refractivity contribution in [2.75, 3.05) is 7.11 Å². The molecular weight excluding hydrogens is 376 g/mol. The summed E-state index contributed by atoms with van der Waals surface area (Å²) in [6.07, 6.45) is 1.23. The molecule has 0 unspecified atom stereocenters. The number of carboxylic acids is 1. The van der Waals surface area contributed by atoms with E-state index in [0.717, 1.165) is 0 Å². The summed E-state index contributed by atoms with van der Waals surface area (Å²) in [7, 11) is 1.25. The number of hydrogen-bond donors (Lipinski definition) is 1. The van der Waals surface area contributed by atoms with Gasteiger partial charge in [0.25, 0.3) is 0 Å². The van der Waals surface area contributed by atoms with Crippen LogP contribution in [0.25, 0.3) is 0 Å². The van der Waals surface area contributed by atoms with Crippen molar-refractivity contribution in [2.24, 2.45) is 5.16 Å². The SMILES string of the molecule is CO/N=C(/C(=O)O)c1ccccc1Oc1cc(Oc2ccccc2C#N)ncn1. The molecule has 9 heteroatoms. The highest BCUT2D eigenvalue weighted by molar-refractivity contribution is 6.43. The van der Waals surface area contributed by atoms with Crippen molar-refractivity contribution in [3.63, 3.8) is 0 Å². The van der Waals surface area contributed by atoms with Gasteiger partial charge in [-0.3, -0.25) is 0 Å². The number of benzene rings is 2. The zero-order chi connectivity index (χ0) is 20.6. The second-order valence-electron chi connectivity index (χ2n) is 5.43. The lowest BCUT2D eigenvalue weighted by molar-refractivity contribution is -0.129. The number of carboxylic acid groups (broad SMARTS) is 1. The molecule has 0 aliphatic carbocycles. The molecule has 0 radical (unpaired) electrons. The number of ether oxygens (including phenoxy) is 2. The molecule has 0 saturated heterocycles. The van der Waals surface area contributed by atoms with Crippen LogP contribution < -0.4 is 9.47 Å². The summed E-state index contributed by atoms with van der Waals surface area (Å²) in [6, 6.07) is 16.6. The Kier molecular flexibility index (Phi) is 5.97. The molecule has 0 atom stereocenters. The van der Waals surface area contributed by atoms with E-state index in [-0.39, 0.29) is 28.8 Å². The Balaban J connectivity index is 1.89. The fourth-order valence-electron chi connectivity index (χ4n) is 2.35. The van der Waals surface area contributed by atoms with Crippen LogP contribution in [0.5, 0.6) is 23.3 Å². The van der Waals surface area contributed by atoms with Crippen molar-refractivity contribution in [3.8, 4) is 29.3 Å². The van der Waals surface area contributed by atoms with E-state index < -0.39 is 5.97 Å². The predicted molar refractivity (Wildman–Crippen MR) is 101 cm³/mol. The molecule has 1 aromatic heterocycles. The number of carbonyl (C=O) groups is 1. The van der Waals surface area contributed by atoms with Gasteiger partial charge in [0.05, 0.1) is 17.2 Å². The maximum atomic E-state index is 11.5. The molecule has 0 amide bonds. The number of aliphatic carboxylic acids is 1. The molecule has 0 spiro atoms. The third kappa shape index (κ3) is 4.64. The van der Waals surface area contributed by atoms with Gasteiger partial charge in [0.1, 0.15) is 31.0 Å². The highest BCUT2D eigenvalue weighted by Crippen LogP contribution is 2.28. The maximum Gasteiger partial charge on any atom is 0.358 e. The van der Waals surface area contributed by atoms with Crippen molar-refractivity contribution in [2.45, 2.75) is 0 Å². The average Bonchev–Trinajstić information content (AvgIpc) is 2.73. The minimum Gasteiger partial charge on any atom is -0.476 e. The van der Waals surface area contributed by atoms with Gasteiger partial charge in [0.2, 0.25) is 11.8 Å². The molecule has 144 valence electrons. The smallest absolute Gasteiger partial charge is 0.358 e. The van der Waals surface area contributed by atoms with Crippen LogP contribution in [0.3, 0.4) is 0 Å². The predicted octanol–water partition coefficient (Wildman–Crippen LogP) is 3.37. The monoisotopic (exact) mass is 390 g/mol. The van der Waals surface area contributed by atoms with Crippen molar-refractivity contribution >= 4 is 11.7 Å². The Bertz CT molecular complexity index is 1110. The molecule has 0 aliphatic heterocycles. The van der Waals surface area contributed by atoms with Gasteiger partial charge in [-0.25, -0.2) is 14.8 Å². The Hall–Kier alpha value is -4.45. The zero-order valence-corrected chi connectivity index (χ0v) is 15.1. The van der Waals surface area contributed by atoms with E-state index in [1.807, 2.05) is 6.07 Å². The number of aromatic nitrogens is 2. The third-order valence-corrected chi connectivity index (χ3v) is 3.58. The summed E-state index contributed by atoms with van der Waals surface area (Å²) in [4.78, 5) is 24.1. The molecule has 0 saturated carbocycles. The highest BCUT2D eigenvalue weighted by Gasteiger charge is 2.19. The first-order valence-electron chi connectivity index (χ1n) is 8.23. The number of para-hydroxylation sites is 2. The lowest BCUT2D eigenvalue weighted by Gasteiger charge is -2.11. The third-order valence-electron chi connectivity index (χ3n) is 3.58. The first kappa shape index (κ1) is 19.3. The van der Waals surface area contributed by atoms with Crippen molar-refractivity contribution in [1.82, 2.24) is 9.97 Å². The first-order valence-corrected chi connectivity index (χ1v) is 8.23. The summed E-state index contributed by atoms with van der Waals surface area (Å²) in [5, 5.41) is 22.1. The van der Waals surface area contributed by atoms with Crippen LogP contribution >= 0.6 is 0 Å². The molecule has 1 heterocycles. The summed E-state index contributed by atoms with van der Waals surface area (Å²) >= 11 is 0. The quantitative estimate of drug-likeness (QED) is 0.480. The van der Waals surface area contributed by atoms with Crippen LogP contribution in [0, 0.1) is 11.3 Å². The Morgan fingerprint density at radius 2 is 1.66 bits per heavy atom. The standard InChI is InChI=1S/C20H14N4O5/c1-27-24-19(20(25)26)14-7-3-5-9-16(14)29-18-10-17(22-12-23-18)28-15-8-4-2-6-13(15)11-21/h2-10,12H,1H3,(H,25,26)/b24-19+. The molecule has 0 bridgehead atoms. The second kappa shape index (κ2) is 8.96. The topological polar surface area (TPSA) is 127 Å². The van der Waals surface area contributed by atoms with Crippen LogP contribution in [0.15, 0.2) is 66.1 Å². The fourth-order valence-corrected chi connectivity index (χ4v) is 2.35. The van der Waals surface area contributed by atoms with Crippen molar-refractivity contribution in [3.05, 3.63) is 72.1 Å². The number of nitrogens with zero attached hydrogens (tertiary/aromatic N) is 4. The number of nitriles is 1. The highest BCUT2D eigenvalue weighted by atomic mass is 16.6. The van der Waals surface area contributed by atoms with Gasteiger partial charge in [-0.2, -0.15) is 5.26 Å². The van der Waals surface area contributed by atoms with E-state index in [9.17, 15) is 9.90 Å². The normalized spacial score (nSPS) is 10.7. The van der Waals surface area contributed by atoms with E-state index in [0.29, 0.717) is 11.3 Å². The molecule has 0 aliphatic rings. The van der Waals surface area contributed by atoms with Gasteiger partial charge >= 0.3 is 5.97 Å². The Morgan fingerprint density at radius 1 is 1.03 bits per heavy atom. The summed E-state index contributed by atoms with van der Waals surface area (Å²) < 4.78 is 11.4. The summed E-state index contributed by atoms with van der Waals surface area (Å²) in [5.74, 6) is -0.478. The van der Waals surface area contributed by atoms with E-state index in [1.165, 1.54) is 25.6 Å². The van der Waals surface area contributed by atoms with E-state index in [2.05, 4.69) is 20.0 Å². The summed E-state index contributed by atoms with van der Waals surface area (Å²) in [5.41, 5.74) is 0.232. The van der Waals surface area contributed by atoms with E-state index in [1.54, 1.807) is 42.5 Å².